The summed E-state index contributed by atoms with van der Waals surface area (Å²) in [6.45, 7) is 3.93. The zero-order valence-electron chi connectivity index (χ0n) is 12.5. The van der Waals surface area contributed by atoms with Crippen molar-refractivity contribution >= 4 is 17.3 Å². The molecule has 0 saturated carbocycles. The summed E-state index contributed by atoms with van der Waals surface area (Å²) in [6.07, 6.45) is 3.35. The van der Waals surface area contributed by atoms with Crippen molar-refractivity contribution in [1.82, 2.24) is 9.97 Å². The zero-order valence-corrected chi connectivity index (χ0v) is 13.2. The Labute approximate surface area is 129 Å². The lowest BCUT2D eigenvalue weighted by Crippen LogP contribution is -2.11. The molecule has 1 aromatic carbocycles. The molecule has 6 heteroatoms. The van der Waals surface area contributed by atoms with Crippen LogP contribution in [0, 0.1) is 6.92 Å². The topological polar surface area (TPSA) is 56.3 Å². The van der Waals surface area contributed by atoms with Gasteiger partial charge in [0.15, 0.2) is 11.5 Å². The predicted molar refractivity (Wildman–Crippen MR) is 83.4 cm³/mol. The van der Waals surface area contributed by atoms with Gasteiger partial charge in [-0.25, -0.2) is 0 Å². The fourth-order valence-electron chi connectivity index (χ4n) is 2.11. The second kappa shape index (κ2) is 6.63. The quantitative estimate of drug-likeness (QED) is 0.914. The zero-order chi connectivity index (χ0) is 15.4. The average Bonchev–Trinajstić information content (AvgIpc) is 2.49. The van der Waals surface area contributed by atoms with Gasteiger partial charge in [0.05, 0.1) is 42.4 Å². The van der Waals surface area contributed by atoms with E-state index >= 15 is 0 Å². The van der Waals surface area contributed by atoms with Crippen LogP contribution in [0.25, 0.3) is 0 Å². The van der Waals surface area contributed by atoms with E-state index < -0.39 is 0 Å². The van der Waals surface area contributed by atoms with Gasteiger partial charge in [-0.3, -0.25) is 9.97 Å². The number of halogens is 1. The van der Waals surface area contributed by atoms with Gasteiger partial charge in [-0.1, -0.05) is 11.6 Å². The maximum atomic E-state index is 6.27. The van der Waals surface area contributed by atoms with Gasteiger partial charge in [0.25, 0.3) is 0 Å². The van der Waals surface area contributed by atoms with Crippen LogP contribution in [0.15, 0.2) is 24.5 Å². The molecule has 0 amide bonds. The molecule has 0 fully saturated rings. The van der Waals surface area contributed by atoms with Crippen LogP contribution in [0.2, 0.25) is 5.02 Å². The van der Waals surface area contributed by atoms with Crippen molar-refractivity contribution in [2.45, 2.75) is 19.9 Å². The number of hydrogen-bond donors (Lipinski definition) is 1. The summed E-state index contributed by atoms with van der Waals surface area (Å²) in [6, 6.07) is 3.50. The number of benzene rings is 1. The summed E-state index contributed by atoms with van der Waals surface area (Å²) >= 11 is 6.27. The first-order valence-corrected chi connectivity index (χ1v) is 6.90. The van der Waals surface area contributed by atoms with Crippen molar-refractivity contribution in [2.75, 3.05) is 19.5 Å². The molecule has 1 unspecified atom stereocenters. The van der Waals surface area contributed by atoms with E-state index in [9.17, 15) is 0 Å². The van der Waals surface area contributed by atoms with Crippen molar-refractivity contribution in [3.63, 3.8) is 0 Å². The van der Waals surface area contributed by atoms with Gasteiger partial charge in [0.1, 0.15) is 0 Å². The molecule has 5 nitrogen and oxygen atoms in total. The smallest absolute Gasteiger partial charge is 0.162 e. The molecule has 0 saturated heterocycles. The minimum Gasteiger partial charge on any atom is -0.493 e. The van der Waals surface area contributed by atoms with Crippen LogP contribution in [-0.4, -0.2) is 24.2 Å². The maximum Gasteiger partial charge on any atom is 0.162 e. The van der Waals surface area contributed by atoms with Crippen molar-refractivity contribution in [3.05, 3.63) is 40.9 Å². The highest BCUT2D eigenvalue weighted by atomic mass is 35.5. The van der Waals surface area contributed by atoms with E-state index in [4.69, 9.17) is 21.1 Å². The predicted octanol–water partition coefficient (Wildman–Crippen LogP) is 3.63. The molecule has 2 aromatic rings. The number of anilines is 1. The van der Waals surface area contributed by atoms with Gasteiger partial charge < -0.3 is 14.8 Å². The monoisotopic (exact) mass is 307 g/mol. The fourth-order valence-corrected chi connectivity index (χ4v) is 2.32. The maximum absolute atomic E-state index is 6.27. The van der Waals surface area contributed by atoms with Gasteiger partial charge >= 0.3 is 0 Å². The molecule has 1 heterocycles. The first-order valence-electron chi connectivity index (χ1n) is 6.52. The van der Waals surface area contributed by atoms with E-state index in [1.165, 1.54) is 0 Å². The summed E-state index contributed by atoms with van der Waals surface area (Å²) in [5, 5.41) is 3.88. The molecule has 0 bridgehead atoms. The number of rotatable bonds is 5. The number of hydrogen-bond acceptors (Lipinski definition) is 5. The molecule has 112 valence electrons. The first-order chi connectivity index (χ1) is 10.1. The van der Waals surface area contributed by atoms with E-state index in [2.05, 4.69) is 15.3 Å². The number of aryl methyl sites for hydroxylation is 1. The Hall–Kier alpha value is -2.01. The third-order valence-electron chi connectivity index (χ3n) is 3.17. The van der Waals surface area contributed by atoms with Crippen LogP contribution in [0.3, 0.4) is 0 Å². The number of aromatic nitrogens is 2. The van der Waals surface area contributed by atoms with Crippen LogP contribution >= 0.6 is 11.6 Å². The summed E-state index contributed by atoms with van der Waals surface area (Å²) in [7, 11) is 3.17. The lowest BCUT2D eigenvalue weighted by molar-refractivity contribution is 0.355. The van der Waals surface area contributed by atoms with Gasteiger partial charge in [-0.05, 0) is 13.8 Å². The molecular weight excluding hydrogens is 290 g/mol. The van der Waals surface area contributed by atoms with Gasteiger partial charge in [-0.15, -0.1) is 0 Å². The Morgan fingerprint density at radius 1 is 1.10 bits per heavy atom. The van der Waals surface area contributed by atoms with E-state index in [0.29, 0.717) is 16.5 Å². The van der Waals surface area contributed by atoms with Crippen molar-refractivity contribution < 1.29 is 9.47 Å². The minimum absolute atomic E-state index is 0.0331. The van der Waals surface area contributed by atoms with Crippen LogP contribution in [0.4, 0.5) is 5.69 Å². The Balaban J connectivity index is 2.29. The number of methoxy groups -OCH3 is 2. The lowest BCUT2D eigenvalue weighted by Gasteiger charge is -2.18. The van der Waals surface area contributed by atoms with Gasteiger partial charge in [0.2, 0.25) is 0 Å². The van der Waals surface area contributed by atoms with Crippen LogP contribution in [-0.2, 0) is 0 Å². The third-order valence-corrected chi connectivity index (χ3v) is 3.49. The molecule has 0 aliphatic rings. The Morgan fingerprint density at radius 2 is 1.71 bits per heavy atom. The van der Waals surface area contributed by atoms with Gasteiger partial charge in [0, 0.05) is 24.5 Å². The summed E-state index contributed by atoms with van der Waals surface area (Å²) in [4.78, 5) is 8.60. The first kappa shape index (κ1) is 15.4. The standard InChI is InChI=1S/C15H18ClN3O2/c1-9-15(18-6-5-17-9)10(2)19-12-8-14(21-4)13(20-3)7-11(12)16/h5-8,10,19H,1-4H3. The van der Waals surface area contributed by atoms with Crippen LogP contribution < -0.4 is 14.8 Å². The number of nitrogens with zero attached hydrogens (tertiary/aromatic N) is 2. The van der Waals surface area contributed by atoms with E-state index in [-0.39, 0.29) is 6.04 Å². The second-order valence-electron chi connectivity index (χ2n) is 4.58. The normalized spacial score (nSPS) is 11.9. The Kier molecular flexibility index (Phi) is 4.85. The second-order valence-corrected chi connectivity index (χ2v) is 4.99. The Bertz CT molecular complexity index is 634. The fraction of sp³-hybridized carbons (Fsp3) is 0.333. The SMILES string of the molecule is COc1cc(Cl)c(NC(C)c2nccnc2C)cc1OC. The van der Waals surface area contributed by atoms with E-state index in [0.717, 1.165) is 17.1 Å². The molecule has 2 rings (SSSR count). The minimum atomic E-state index is -0.0331. The molecule has 0 radical (unpaired) electrons. The summed E-state index contributed by atoms with van der Waals surface area (Å²) in [5.74, 6) is 1.21. The molecular formula is C15H18ClN3O2. The molecule has 1 atom stereocenters. The molecule has 1 aromatic heterocycles. The lowest BCUT2D eigenvalue weighted by atomic mass is 10.1. The highest BCUT2D eigenvalue weighted by Crippen LogP contribution is 2.37. The van der Waals surface area contributed by atoms with Crippen LogP contribution in [0.5, 0.6) is 11.5 Å². The molecule has 0 spiro atoms. The van der Waals surface area contributed by atoms with Gasteiger partial charge in [-0.2, -0.15) is 0 Å². The highest BCUT2D eigenvalue weighted by molar-refractivity contribution is 6.33. The number of nitrogens with one attached hydrogen (secondary N) is 1. The third kappa shape index (κ3) is 3.36. The highest BCUT2D eigenvalue weighted by Gasteiger charge is 2.15. The molecule has 21 heavy (non-hydrogen) atoms. The molecule has 0 aliphatic carbocycles. The number of ether oxygens (including phenoxy) is 2. The molecule has 1 N–H and O–H groups in total. The van der Waals surface area contributed by atoms with E-state index in [1.54, 1.807) is 32.7 Å². The van der Waals surface area contributed by atoms with E-state index in [1.807, 2.05) is 19.9 Å². The summed E-state index contributed by atoms with van der Waals surface area (Å²) < 4.78 is 10.5. The van der Waals surface area contributed by atoms with Crippen molar-refractivity contribution in [1.29, 1.82) is 0 Å². The van der Waals surface area contributed by atoms with Crippen molar-refractivity contribution in [3.8, 4) is 11.5 Å². The largest absolute Gasteiger partial charge is 0.493 e. The Morgan fingerprint density at radius 3 is 2.33 bits per heavy atom. The molecule has 0 aliphatic heterocycles. The summed E-state index contributed by atoms with van der Waals surface area (Å²) in [5.41, 5.74) is 2.52. The van der Waals surface area contributed by atoms with Crippen LogP contribution in [0.1, 0.15) is 24.4 Å². The van der Waals surface area contributed by atoms with Crippen molar-refractivity contribution in [2.24, 2.45) is 0 Å². The average molecular weight is 308 g/mol.